The molecule has 0 saturated carbocycles. The Morgan fingerprint density at radius 2 is 2.11 bits per heavy atom. The van der Waals surface area contributed by atoms with Crippen LogP contribution in [-0.2, 0) is 0 Å². The van der Waals surface area contributed by atoms with Gasteiger partial charge >= 0.3 is 0 Å². The number of fused-ring (bicyclic) bond motifs is 1. The van der Waals surface area contributed by atoms with Gasteiger partial charge in [0.15, 0.2) is 0 Å². The number of halogens is 1. The number of nitrogens with one attached hydrogen (secondary N) is 1. The molecule has 1 N–H and O–H groups in total. The number of piperidine rings is 1. The van der Waals surface area contributed by atoms with E-state index in [0.29, 0.717) is 10.9 Å². The van der Waals surface area contributed by atoms with E-state index in [0.717, 1.165) is 25.9 Å². The standard InChI is InChI=1S/C13H14FN3O/c14-9-1-2-11-12(7-9)16-8-17(13(11)18)10-3-5-15-6-4-10/h1-2,7-8,10,15H,3-6H2. The van der Waals surface area contributed by atoms with Crippen molar-refractivity contribution in [2.75, 3.05) is 13.1 Å². The van der Waals surface area contributed by atoms with E-state index in [-0.39, 0.29) is 17.4 Å². The van der Waals surface area contributed by atoms with Gasteiger partial charge in [-0.3, -0.25) is 9.36 Å². The molecule has 0 spiro atoms. The monoisotopic (exact) mass is 247 g/mol. The molecule has 1 aliphatic heterocycles. The lowest BCUT2D eigenvalue weighted by Crippen LogP contribution is -2.34. The van der Waals surface area contributed by atoms with Gasteiger partial charge in [-0.1, -0.05) is 0 Å². The Bertz CT molecular complexity index is 632. The molecule has 2 aromatic rings. The Labute approximate surface area is 103 Å². The molecule has 0 bridgehead atoms. The van der Waals surface area contributed by atoms with E-state index < -0.39 is 0 Å². The molecule has 1 fully saturated rings. The van der Waals surface area contributed by atoms with Crippen molar-refractivity contribution in [3.05, 3.63) is 40.7 Å². The molecule has 94 valence electrons. The minimum Gasteiger partial charge on any atom is -0.317 e. The summed E-state index contributed by atoms with van der Waals surface area (Å²) in [5.74, 6) is -0.367. The molecular formula is C13H14FN3O. The van der Waals surface area contributed by atoms with Gasteiger partial charge in [-0.15, -0.1) is 0 Å². The van der Waals surface area contributed by atoms with Gasteiger partial charge < -0.3 is 5.32 Å². The highest BCUT2D eigenvalue weighted by Gasteiger charge is 2.17. The Morgan fingerprint density at radius 1 is 1.33 bits per heavy atom. The Morgan fingerprint density at radius 3 is 2.89 bits per heavy atom. The maximum Gasteiger partial charge on any atom is 0.261 e. The number of hydrogen-bond donors (Lipinski definition) is 1. The maximum absolute atomic E-state index is 13.1. The van der Waals surface area contributed by atoms with Crippen molar-refractivity contribution in [2.24, 2.45) is 0 Å². The molecule has 0 radical (unpaired) electrons. The zero-order valence-electron chi connectivity index (χ0n) is 9.90. The van der Waals surface area contributed by atoms with Crippen LogP contribution in [0, 0.1) is 5.82 Å². The van der Waals surface area contributed by atoms with Crippen molar-refractivity contribution < 1.29 is 4.39 Å². The normalized spacial score (nSPS) is 17.2. The second-order valence-corrected chi connectivity index (χ2v) is 4.60. The summed E-state index contributed by atoms with van der Waals surface area (Å²) in [6, 6.07) is 4.31. The summed E-state index contributed by atoms with van der Waals surface area (Å²) in [6.07, 6.45) is 3.39. The van der Waals surface area contributed by atoms with Gasteiger partial charge in [-0.25, -0.2) is 9.37 Å². The Hall–Kier alpha value is -1.75. The number of rotatable bonds is 1. The van der Waals surface area contributed by atoms with Crippen molar-refractivity contribution >= 4 is 10.9 Å². The predicted octanol–water partition coefficient (Wildman–Crippen LogP) is 1.46. The highest BCUT2D eigenvalue weighted by molar-refractivity contribution is 5.77. The second kappa shape index (κ2) is 4.49. The third-order valence-electron chi connectivity index (χ3n) is 3.45. The summed E-state index contributed by atoms with van der Waals surface area (Å²) in [4.78, 5) is 16.5. The fourth-order valence-electron chi connectivity index (χ4n) is 2.45. The lowest BCUT2D eigenvalue weighted by atomic mass is 10.1. The van der Waals surface area contributed by atoms with Crippen LogP contribution in [-0.4, -0.2) is 22.6 Å². The van der Waals surface area contributed by atoms with Crippen LogP contribution in [0.2, 0.25) is 0 Å². The maximum atomic E-state index is 13.1. The third kappa shape index (κ3) is 1.90. The lowest BCUT2D eigenvalue weighted by Gasteiger charge is -2.24. The molecule has 0 aliphatic carbocycles. The smallest absolute Gasteiger partial charge is 0.261 e. The van der Waals surface area contributed by atoms with Crippen LogP contribution in [0.1, 0.15) is 18.9 Å². The summed E-state index contributed by atoms with van der Waals surface area (Å²) in [6.45, 7) is 1.83. The van der Waals surface area contributed by atoms with Crippen LogP contribution in [0.3, 0.4) is 0 Å². The molecule has 1 aliphatic rings. The fourth-order valence-corrected chi connectivity index (χ4v) is 2.45. The lowest BCUT2D eigenvalue weighted by molar-refractivity contribution is 0.359. The zero-order chi connectivity index (χ0) is 12.5. The SMILES string of the molecule is O=c1c2ccc(F)cc2ncn1C1CCNCC1. The first kappa shape index (κ1) is 11.3. The average molecular weight is 247 g/mol. The van der Waals surface area contributed by atoms with E-state index in [4.69, 9.17) is 0 Å². The number of hydrogen-bond acceptors (Lipinski definition) is 3. The summed E-state index contributed by atoms with van der Waals surface area (Å²) in [7, 11) is 0. The topological polar surface area (TPSA) is 46.9 Å². The molecule has 5 heteroatoms. The fraction of sp³-hybridized carbons (Fsp3) is 0.385. The van der Waals surface area contributed by atoms with Crippen LogP contribution in [0.15, 0.2) is 29.3 Å². The van der Waals surface area contributed by atoms with Crippen molar-refractivity contribution in [1.29, 1.82) is 0 Å². The first-order chi connectivity index (χ1) is 8.75. The Balaban J connectivity index is 2.11. The van der Waals surface area contributed by atoms with Crippen molar-refractivity contribution in [3.63, 3.8) is 0 Å². The molecule has 1 aromatic carbocycles. The quantitative estimate of drug-likeness (QED) is 0.830. The zero-order valence-corrected chi connectivity index (χ0v) is 9.90. The van der Waals surface area contributed by atoms with E-state index in [1.807, 2.05) is 0 Å². The molecule has 0 amide bonds. The first-order valence-corrected chi connectivity index (χ1v) is 6.13. The molecular weight excluding hydrogens is 233 g/mol. The predicted molar refractivity (Wildman–Crippen MR) is 67.1 cm³/mol. The minimum atomic E-state index is -0.367. The minimum absolute atomic E-state index is 0.0769. The molecule has 18 heavy (non-hydrogen) atoms. The van der Waals surface area contributed by atoms with Crippen LogP contribution >= 0.6 is 0 Å². The van der Waals surface area contributed by atoms with E-state index in [1.54, 1.807) is 10.9 Å². The summed E-state index contributed by atoms with van der Waals surface area (Å²) >= 11 is 0. The number of aromatic nitrogens is 2. The van der Waals surface area contributed by atoms with E-state index in [2.05, 4.69) is 10.3 Å². The van der Waals surface area contributed by atoms with Crippen LogP contribution in [0.4, 0.5) is 4.39 Å². The van der Waals surface area contributed by atoms with Gasteiger partial charge in [0.05, 0.1) is 17.2 Å². The highest BCUT2D eigenvalue weighted by Crippen LogP contribution is 2.17. The van der Waals surface area contributed by atoms with Crippen LogP contribution in [0.5, 0.6) is 0 Å². The van der Waals surface area contributed by atoms with Gasteiger partial charge in [0, 0.05) is 12.1 Å². The van der Waals surface area contributed by atoms with Crippen LogP contribution < -0.4 is 10.9 Å². The van der Waals surface area contributed by atoms with Crippen molar-refractivity contribution in [2.45, 2.75) is 18.9 Å². The molecule has 2 heterocycles. The number of nitrogens with zero attached hydrogens (tertiary/aromatic N) is 2. The van der Waals surface area contributed by atoms with E-state index in [1.165, 1.54) is 18.2 Å². The summed E-state index contributed by atoms with van der Waals surface area (Å²) in [5, 5.41) is 3.75. The summed E-state index contributed by atoms with van der Waals surface area (Å²) in [5.41, 5.74) is 0.345. The highest BCUT2D eigenvalue weighted by atomic mass is 19.1. The largest absolute Gasteiger partial charge is 0.317 e. The molecule has 0 unspecified atom stereocenters. The van der Waals surface area contributed by atoms with Crippen LogP contribution in [0.25, 0.3) is 10.9 Å². The molecule has 1 aromatic heterocycles. The molecule has 1 saturated heterocycles. The average Bonchev–Trinajstić information content (AvgIpc) is 2.40. The third-order valence-corrected chi connectivity index (χ3v) is 3.45. The van der Waals surface area contributed by atoms with E-state index in [9.17, 15) is 9.18 Å². The molecule has 0 atom stereocenters. The Kier molecular flexibility index (Phi) is 2.83. The van der Waals surface area contributed by atoms with Gasteiger partial charge in [-0.2, -0.15) is 0 Å². The first-order valence-electron chi connectivity index (χ1n) is 6.13. The molecule has 3 rings (SSSR count). The van der Waals surface area contributed by atoms with E-state index >= 15 is 0 Å². The second-order valence-electron chi connectivity index (χ2n) is 4.60. The van der Waals surface area contributed by atoms with Gasteiger partial charge in [0.25, 0.3) is 5.56 Å². The molecule has 4 nitrogen and oxygen atoms in total. The van der Waals surface area contributed by atoms with Gasteiger partial charge in [0.1, 0.15) is 5.82 Å². The van der Waals surface area contributed by atoms with Gasteiger partial charge in [0.2, 0.25) is 0 Å². The number of benzene rings is 1. The van der Waals surface area contributed by atoms with Crippen molar-refractivity contribution in [3.8, 4) is 0 Å². The van der Waals surface area contributed by atoms with Crippen molar-refractivity contribution in [1.82, 2.24) is 14.9 Å². The summed E-state index contributed by atoms with van der Waals surface area (Å²) < 4.78 is 14.7. The van der Waals surface area contributed by atoms with Gasteiger partial charge in [-0.05, 0) is 38.1 Å².